The highest BCUT2D eigenvalue weighted by Gasteiger charge is 2.51. The predicted molar refractivity (Wildman–Crippen MR) is 117 cm³/mol. The average Bonchev–Trinajstić information content (AvgIpc) is 2.79. The summed E-state index contributed by atoms with van der Waals surface area (Å²) >= 11 is 0. The monoisotopic (exact) mass is 419 g/mol. The lowest BCUT2D eigenvalue weighted by atomic mass is 9.79. The van der Waals surface area contributed by atoms with Gasteiger partial charge in [0.05, 0.1) is 11.6 Å². The molecule has 2 aromatic carbocycles. The number of amides is 2. The first-order valence-electron chi connectivity index (χ1n) is 10.3. The third kappa shape index (κ3) is 3.84. The molecule has 0 spiro atoms. The Hall–Kier alpha value is -3.46. The topological polar surface area (TPSA) is 73.2 Å². The standard InChI is InChI=1S/C25H26FN3O2/c1-5-18-8-7-9-19(15-27)21(18)16(3)22-23(30)29(4)25(6-2,24(31)28-22)14-17-10-12-20(26)13-11-17/h5,7-13,16,22H,1,6,14H2,2-4H3,(H,28,31). The van der Waals surface area contributed by atoms with Crippen LogP contribution in [0.15, 0.2) is 49.0 Å². The van der Waals surface area contributed by atoms with Gasteiger partial charge in [0.25, 0.3) is 0 Å². The van der Waals surface area contributed by atoms with Gasteiger partial charge in [-0.3, -0.25) is 9.59 Å². The van der Waals surface area contributed by atoms with Gasteiger partial charge in [0.2, 0.25) is 11.8 Å². The maximum Gasteiger partial charge on any atom is 0.246 e. The molecule has 2 amide bonds. The molecule has 1 N–H and O–H groups in total. The smallest absolute Gasteiger partial charge is 0.246 e. The molecular formula is C25H26FN3O2. The third-order valence-corrected chi connectivity index (χ3v) is 6.38. The van der Waals surface area contributed by atoms with Gasteiger partial charge in [0, 0.05) is 19.4 Å². The highest BCUT2D eigenvalue weighted by atomic mass is 19.1. The van der Waals surface area contributed by atoms with E-state index in [0.717, 1.165) is 11.1 Å². The first-order valence-corrected chi connectivity index (χ1v) is 10.3. The van der Waals surface area contributed by atoms with E-state index < -0.39 is 17.5 Å². The van der Waals surface area contributed by atoms with Crippen LogP contribution in [0.5, 0.6) is 0 Å². The molecule has 2 aromatic rings. The Morgan fingerprint density at radius 1 is 1.29 bits per heavy atom. The van der Waals surface area contributed by atoms with Crippen LogP contribution < -0.4 is 5.32 Å². The number of nitrogens with one attached hydrogen (secondary N) is 1. The van der Waals surface area contributed by atoms with E-state index >= 15 is 0 Å². The molecule has 3 atom stereocenters. The van der Waals surface area contributed by atoms with E-state index in [2.05, 4.69) is 18.0 Å². The summed E-state index contributed by atoms with van der Waals surface area (Å²) in [6.07, 6.45) is 2.34. The lowest BCUT2D eigenvalue weighted by Gasteiger charge is -2.47. The van der Waals surface area contributed by atoms with Crippen molar-refractivity contribution >= 4 is 17.9 Å². The molecule has 5 nitrogen and oxygen atoms in total. The van der Waals surface area contributed by atoms with Crippen molar-refractivity contribution < 1.29 is 14.0 Å². The number of likely N-dealkylation sites (N-methyl/N-ethyl adjacent to an activating group) is 1. The number of halogens is 1. The van der Waals surface area contributed by atoms with Crippen LogP contribution in [0.2, 0.25) is 0 Å². The largest absolute Gasteiger partial charge is 0.342 e. The molecule has 1 aliphatic rings. The van der Waals surface area contributed by atoms with Crippen LogP contribution in [0.4, 0.5) is 4.39 Å². The zero-order valence-corrected chi connectivity index (χ0v) is 18.0. The lowest BCUT2D eigenvalue weighted by Crippen LogP contribution is -2.71. The summed E-state index contributed by atoms with van der Waals surface area (Å²) in [4.78, 5) is 28.3. The van der Waals surface area contributed by atoms with Gasteiger partial charge in [0.1, 0.15) is 17.4 Å². The zero-order valence-electron chi connectivity index (χ0n) is 18.0. The second-order valence-corrected chi connectivity index (χ2v) is 7.95. The van der Waals surface area contributed by atoms with Gasteiger partial charge in [-0.2, -0.15) is 5.26 Å². The minimum absolute atomic E-state index is 0.223. The van der Waals surface area contributed by atoms with Gasteiger partial charge >= 0.3 is 0 Å². The number of piperazine rings is 1. The van der Waals surface area contributed by atoms with Gasteiger partial charge in [-0.1, -0.05) is 50.8 Å². The highest BCUT2D eigenvalue weighted by Crippen LogP contribution is 2.34. The summed E-state index contributed by atoms with van der Waals surface area (Å²) in [7, 11) is 1.64. The number of benzene rings is 2. The van der Waals surface area contributed by atoms with Gasteiger partial charge in [0.15, 0.2) is 0 Å². The van der Waals surface area contributed by atoms with Gasteiger partial charge in [-0.25, -0.2) is 4.39 Å². The van der Waals surface area contributed by atoms with Crippen LogP contribution in [0.3, 0.4) is 0 Å². The Bertz CT molecular complexity index is 1060. The molecule has 6 heteroatoms. The predicted octanol–water partition coefficient (Wildman–Crippen LogP) is 3.79. The average molecular weight is 420 g/mol. The Balaban J connectivity index is 1.96. The fraction of sp³-hybridized carbons (Fsp3) is 0.320. The van der Waals surface area contributed by atoms with E-state index in [-0.39, 0.29) is 24.1 Å². The summed E-state index contributed by atoms with van der Waals surface area (Å²) in [5.74, 6) is -1.26. The van der Waals surface area contributed by atoms with E-state index in [1.165, 1.54) is 17.0 Å². The van der Waals surface area contributed by atoms with Crippen molar-refractivity contribution in [3.05, 3.63) is 77.1 Å². The summed E-state index contributed by atoms with van der Waals surface area (Å²) in [6, 6.07) is 12.6. The van der Waals surface area contributed by atoms with Crippen molar-refractivity contribution in [1.29, 1.82) is 5.26 Å². The van der Waals surface area contributed by atoms with Crippen molar-refractivity contribution in [2.24, 2.45) is 0 Å². The number of nitriles is 1. The molecule has 160 valence electrons. The molecule has 3 rings (SSSR count). The molecule has 0 aliphatic carbocycles. The van der Waals surface area contributed by atoms with E-state index in [9.17, 15) is 19.2 Å². The van der Waals surface area contributed by atoms with Crippen molar-refractivity contribution in [3.63, 3.8) is 0 Å². The van der Waals surface area contributed by atoms with Crippen LogP contribution in [-0.4, -0.2) is 35.3 Å². The second kappa shape index (κ2) is 8.73. The zero-order chi connectivity index (χ0) is 22.8. The van der Waals surface area contributed by atoms with E-state index in [4.69, 9.17) is 0 Å². The van der Waals surface area contributed by atoms with Gasteiger partial charge in [-0.05, 0) is 41.3 Å². The number of carbonyl (C=O) groups is 2. The number of rotatable bonds is 6. The van der Waals surface area contributed by atoms with E-state index in [0.29, 0.717) is 17.5 Å². The minimum atomic E-state index is -1.07. The number of hydrogen-bond donors (Lipinski definition) is 1. The molecule has 1 heterocycles. The molecule has 0 saturated carbocycles. The fourth-order valence-corrected chi connectivity index (χ4v) is 4.44. The van der Waals surface area contributed by atoms with Crippen molar-refractivity contribution in [1.82, 2.24) is 10.2 Å². The quantitative estimate of drug-likeness (QED) is 0.774. The van der Waals surface area contributed by atoms with E-state index in [1.807, 2.05) is 19.9 Å². The summed E-state index contributed by atoms with van der Waals surface area (Å²) in [5.41, 5.74) is 1.60. The first-order chi connectivity index (χ1) is 14.8. The van der Waals surface area contributed by atoms with Gasteiger partial charge < -0.3 is 10.2 Å². The molecule has 1 fully saturated rings. The highest BCUT2D eigenvalue weighted by molar-refractivity contribution is 6.00. The summed E-state index contributed by atoms with van der Waals surface area (Å²) in [5, 5.41) is 12.5. The number of nitrogens with zero attached hydrogens (tertiary/aromatic N) is 2. The van der Waals surface area contributed by atoms with Crippen LogP contribution in [0.1, 0.15) is 48.4 Å². The Morgan fingerprint density at radius 3 is 2.55 bits per heavy atom. The molecule has 0 bridgehead atoms. The molecular weight excluding hydrogens is 393 g/mol. The maximum absolute atomic E-state index is 13.4. The Labute approximate surface area is 182 Å². The minimum Gasteiger partial charge on any atom is -0.342 e. The molecule has 3 unspecified atom stereocenters. The molecule has 1 aliphatic heterocycles. The number of hydrogen-bond acceptors (Lipinski definition) is 3. The van der Waals surface area contributed by atoms with Crippen molar-refractivity contribution in [3.8, 4) is 6.07 Å². The normalized spacial score (nSPS) is 21.9. The maximum atomic E-state index is 13.4. The van der Waals surface area contributed by atoms with Crippen molar-refractivity contribution in [2.45, 2.75) is 44.2 Å². The second-order valence-electron chi connectivity index (χ2n) is 7.95. The molecule has 31 heavy (non-hydrogen) atoms. The van der Waals surface area contributed by atoms with Crippen LogP contribution >= 0.6 is 0 Å². The first kappa shape index (κ1) is 22.2. The SMILES string of the molecule is C=Cc1cccc(C#N)c1C(C)C1NC(=O)C(CC)(Cc2ccc(F)cc2)N(C)C1=O. The molecule has 1 saturated heterocycles. The Kier molecular flexibility index (Phi) is 6.26. The van der Waals surface area contributed by atoms with Crippen molar-refractivity contribution in [2.75, 3.05) is 7.05 Å². The summed E-state index contributed by atoms with van der Waals surface area (Å²) < 4.78 is 13.3. The summed E-state index contributed by atoms with van der Waals surface area (Å²) in [6.45, 7) is 7.50. The van der Waals surface area contributed by atoms with Crippen LogP contribution in [0.25, 0.3) is 6.08 Å². The Morgan fingerprint density at radius 2 is 1.97 bits per heavy atom. The van der Waals surface area contributed by atoms with Crippen LogP contribution in [0, 0.1) is 17.1 Å². The van der Waals surface area contributed by atoms with Crippen LogP contribution in [-0.2, 0) is 16.0 Å². The molecule has 0 aromatic heterocycles. The molecule has 0 radical (unpaired) electrons. The lowest BCUT2D eigenvalue weighted by molar-refractivity contribution is -0.156. The van der Waals surface area contributed by atoms with Gasteiger partial charge in [-0.15, -0.1) is 0 Å². The van der Waals surface area contributed by atoms with E-state index in [1.54, 1.807) is 37.4 Å². The fourth-order valence-electron chi connectivity index (χ4n) is 4.44. The number of carbonyl (C=O) groups excluding carboxylic acids is 2. The third-order valence-electron chi connectivity index (χ3n) is 6.38.